The SMILES string of the molecule is Cc1nc2c(c(=O)[nH]1)CN(C(=O)CCc1cnn(C)c1)C2. The molecule has 2 aromatic heterocycles. The highest BCUT2D eigenvalue weighted by Crippen LogP contribution is 2.18. The highest BCUT2D eigenvalue weighted by Gasteiger charge is 2.26. The third-order valence-electron chi connectivity index (χ3n) is 3.65. The lowest BCUT2D eigenvalue weighted by Gasteiger charge is -2.14. The molecule has 7 heteroatoms. The molecular weight excluding hydrogens is 270 g/mol. The number of hydrogen-bond acceptors (Lipinski definition) is 4. The normalized spacial score (nSPS) is 13.5. The molecule has 110 valence electrons. The van der Waals surface area contributed by atoms with E-state index in [0.29, 0.717) is 43.0 Å². The summed E-state index contributed by atoms with van der Waals surface area (Å²) in [5.74, 6) is 0.623. The van der Waals surface area contributed by atoms with Crippen LogP contribution in [0.4, 0.5) is 0 Å². The van der Waals surface area contributed by atoms with Gasteiger partial charge in [-0.2, -0.15) is 5.10 Å². The largest absolute Gasteiger partial charge is 0.332 e. The summed E-state index contributed by atoms with van der Waals surface area (Å²) in [5, 5.41) is 4.08. The second-order valence-electron chi connectivity index (χ2n) is 5.35. The predicted octanol–water partition coefficient (Wildman–Crippen LogP) is 0.287. The number of aromatic amines is 1. The van der Waals surface area contributed by atoms with E-state index in [0.717, 1.165) is 5.56 Å². The Labute approximate surface area is 121 Å². The highest BCUT2D eigenvalue weighted by molar-refractivity contribution is 5.77. The molecule has 0 aromatic carbocycles. The molecule has 3 heterocycles. The van der Waals surface area contributed by atoms with E-state index >= 15 is 0 Å². The maximum absolute atomic E-state index is 12.2. The second kappa shape index (κ2) is 5.16. The summed E-state index contributed by atoms with van der Waals surface area (Å²) in [7, 11) is 1.85. The summed E-state index contributed by atoms with van der Waals surface area (Å²) >= 11 is 0. The van der Waals surface area contributed by atoms with Crippen molar-refractivity contribution in [3.63, 3.8) is 0 Å². The lowest BCUT2D eigenvalue weighted by atomic mass is 10.2. The van der Waals surface area contributed by atoms with Gasteiger partial charge in [-0.25, -0.2) is 4.98 Å². The van der Waals surface area contributed by atoms with E-state index in [1.807, 2.05) is 13.2 Å². The Morgan fingerprint density at radius 1 is 1.43 bits per heavy atom. The number of H-pyrrole nitrogens is 1. The predicted molar refractivity (Wildman–Crippen MR) is 75.4 cm³/mol. The third kappa shape index (κ3) is 2.72. The van der Waals surface area contributed by atoms with Crippen molar-refractivity contribution < 1.29 is 4.79 Å². The molecule has 1 N–H and O–H groups in total. The molecular formula is C14H17N5O2. The Balaban J connectivity index is 1.65. The van der Waals surface area contributed by atoms with Crippen molar-refractivity contribution in [1.29, 1.82) is 0 Å². The summed E-state index contributed by atoms with van der Waals surface area (Å²) < 4.78 is 1.72. The first kappa shape index (κ1) is 13.5. The maximum atomic E-state index is 12.2. The average molecular weight is 287 g/mol. The quantitative estimate of drug-likeness (QED) is 0.879. The average Bonchev–Trinajstić information content (AvgIpc) is 3.02. The van der Waals surface area contributed by atoms with Crippen LogP contribution < -0.4 is 5.56 Å². The maximum Gasteiger partial charge on any atom is 0.256 e. The van der Waals surface area contributed by atoms with Gasteiger partial charge < -0.3 is 9.88 Å². The van der Waals surface area contributed by atoms with Crippen molar-refractivity contribution in [3.05, 3.63) is 45.4 Å². The van der Waals surface area contributed by atoms with E-state index in [2.05, 4.69) is 15.1 Å². The molecule has 0 saturated heterocycles. The number of nitrogens with zero attached hydrogens (tertiary/aromatic N) is 4. The van der Waals surface area contributed by atoms with Crippen LogP contribution in [-0.4, -0.2) is 30.6 Å². The van der Waals surface area contributed by atoms with E-state index < -0.39 is 0 Å². The highest BCUT2D eigenvalue weighted by atomic mass is 16.2. The molecule has 1 amide bonds. The van der Waals surface area contributed by atoms with Gasteiger partial charge in [-0.3, -0.25) is 14.3 Å². The minimum atomic E-state index is -0.139. The van der Waals surface area contributed by atoms with Gasteiger partial charge >= 0.3 is 0 Å². The number of hydrogen-bond donors (Lipinski definition) is 1. The molecule has 7 nitrogen and oxygen atoms in total. The third-order valence-corrected chi connectivity index (χ3v) is 3.65. The van der Waals surface area contributed by atoms with E-state index in [4.69, 9.17) is 0 Å². The fraction of sp³-hybridized carbons (Fsp3) is 0.429. The molecule has 0 atom stereocenters. The van der Waals surface area contributed by atoms with Crippen molar-refractivity contribution >= 4 is 5.91 Å². The van der Waals surface area contributed by atoms with Crippen LogP contribution >= 0.6 is 0 Å². The number of carbonyl (C=O) groups is 1. The van der Waals surface area contributed by atoms with Gasteiger partial charge in [-0.05, 0) is 18.9 Å². The molecule has 0 aliphatic carbocycles. The van der Waals surface area contributed by atoms with Gasteiger partial charge in [-0.15, -0.1) is 0 Å². The Kier molecular flexibility index (Phi) is 3.32. The first-order valence-electron chi connectivity index (χ1n) is 6.87. The summed E-state index contributed by atoms with van der Waals surface area (Å²) in [6, 6.07) is 0. The zero-order valence-electron chi connectivity index (χ0n) is 12.1. The first-order valence-corrected chi connectivity index (χ1v) is 6.87. The van der Waals surface area contributed by atoms with Crippen molar-refractivity contribution in [2.45, 2.75) is 32.9 Å². The topological polar surface area (TPSA) is 83.9 Å². The standard InChI is InChI=1S/C14H17N5O2/c1-9-16-12-8-19(7-11(12)14(21)17-9)13(20)4-3-10-5-15-18(2)6-10/h5-6H,3-4,7-8H2,1-2H3,(H,16,17,21). The van der Waals surface area contributed by atoms with Gasteiger partial charge in [-0.1, -0.05) is 0 Å². The number of amides is 1. The number of aromatic nitrogens is 4. The van der Waals surface area contributed by atoms with Crippen LogP contribution in [0.1, 0.15) is 29.1 Å². The number of nitrogens with one attached hydrogen (secondary N) is 1. The summed E-state index contributed by atoms with van der Waals surface area (Å²) in [5.41, 5.74) is 2.22. The van der Waals surface area contributed by atoms with Crippen molar-refractivity contribution in [2.24, 2.45) is 7.05 Å². The fourth-order valence-corrected chi connectivity index (χ4v) is 2.58. The van der Waals surface area contributed by atoms with Crippen LogP contribution in [0.5, 0.6) is 0 Å². The Hall–Kier alpha value is -2.44. The summed E-state index contributed by atoms with van der Waals surface area (Å²) in [6.45, 7) is 2.52. The first-order chi connectivity index (χ1) is 10.0. The Morgan fingerprint density at radius 2 is 2.24 bits per heavy atom. The molecule has 3 rings (SSSR count). The minimum Gasteiger partial charge on any atom is -0.332 e. The minimum absolute atomic E-state index is 0.0360. The number of carbonyl (C=O) groups excluding carboxylic acids is 1. The molecule has 0 radical (unpaired) electrons. The molecule has 0 bridgehead atoms. The van der Waals surface area contributed by atoms with Crippen molar-refractivity contribution in [2.75, 3.05) is 0 Å². The van der Waals surface area contributed by atoms with Gasteiger partial charge in [0.2, 0.25) is 5.91 Å². The molecule has 21 heavy (non-hydrogen) atoms. The van der Waals surface area contributed by atoms with Gasteiger partial charge in [0.05, 0.1) is 30.5 Å². The zero-order valence-corrected chi connectivity index (χ0v) is 12.1. The fourth-order valence-electron chi connectivity index (χ4n) is 2.58. The van der Waals surface area contributed by atoms with E-state index in [1.54, 1.807) is 22.7 Å². The summed E-state index contributed by atoms with van der Waals surface area (Å²) in [4.78, 5) is 32.8. The molecule has 0 unspecified atom stereocenters. The second-order valence-corrected chi connectivity index (χ2v) is 5.35. The lowest BCUT2D eigenvalue weighted by Crippen LogP contribution is -2.26. The molecule has 0 fully saturated rings. The molecule has 0 spiro atoms. The monoisotopic (exact) mass is 287 g/mol. The van der Waals surface area contributed by atoms with Crippen molar-refractivity contribution in [1.82, 2.24) is 24.6 Å². The molecule has 0 saturated carbocycles. The van der Waals surface area contributed by atoms with Crippen LogP contribution in [0.3, 0.4) is 0 Å². The van der Waals surface area contributed by atoms with Gasteiger partial charge in [0.25, 0.3) is 5.56 Å². The van der Waals surface area contributed by atoms with E-state index in [-0.39, 0.29) is 11.5 Å². The van der Waals surface area contributed by atoms with Crippen LogP contribution in [0.25, 0.3) is 0 Å². The van der Waals surface area contributed by atoms with E-state index in [1.165, 1.54) is 0 Å². The Morgan fingerprint density at radius 3 is 2.95 bits per heavy atom. The zero-order chi connectivity index (χ0) is 15.0. The van der Waals surface area contributed by atoms with Crippen LogP contribution in [0.15, 0.2) is 17.2 Å². The van der Waals surface area contributed by atoms with Crippen LogP contribution in [0.2, 0.25) is 0 Å². The lowest BCUT2D eigenvalue weighted by molar-refractivity contribution is -0.131. The number of aryl methyl sites for hydroxylation is 3. The molecule has 1 aliphatic rings. The van der Waals surface area contributed by atoms with Gasteiger partial charge in [0, 0.05) is 19.7 Å². The smallest absolute Gasteiger partial charge is 0.256 e. The van der Waals surface area contributed by atoms with Crippen LogP contribution in [-0.2, 0) is 31.4 Å². The number of fused-ring (bicyclic) bond motifs is 1. The Bertz CT molecular complexity index is 746. The van der Waals surface area contributed by atoms with E-state index in [9.17, 15) is 9.59 Å². The molecule has 2 aromatic rings. The molecule has 1 aliphatic heterocycles. The summed E-state index contributed by atoms with van der Waals surface area (Å²) in [6.07, 6.45) is 4.74. The van der Waals surface area contributed by atoms with Gasteiger partial charge in [0.15, 0.2) is 0 Å². The van der Waals surface area contributed by atoms with Crippen LogP contribution in [0, 0.1) is 6.92 Å². The number of rotatable bonds is 3. The van der Waals surface area contributed by atoms with Gasteiger partial charge in [0.1, 0.15) is 5.82 Å². The van der Waals surface area contributed by atoms with Crippen molar-refractivity contribution in [3.8, 4) is 0 Å².